The first-order valence-electron chi connectivity index (χ1n) is 6.81. The monoisotopic (exact) mass is 253 g/mol. The Morgan fingerprint density at radius 2 is 1.79 bits per heavy atom. The van der Waals surface area contributed by atoms with Gasteiger partial charge in [-0.3, -0.25) is 0 Å². The van der Waals surface area contributed by atoms with Crippen molar-refractivity contribution in [2.75, 3.05) is 11.4 Å². The van der Waals surface area contributed by atoms with E-state index in [1.54, 1.807) is 0 Å². The Labute approximate surface area is 117 Å². The average Bonchev–Trinajstić information content (AvgIpc) is 2.46. The fraction of sp³-hybridized carbons (Fsp3) is 0.222. The van der Waals surface area contributed by atoms with Crippen LogP contribution in [0.1, 0.15) is 20.3 Å². The molecular weight excluding hydrogens is 230 g/mol. The molecule has 2 rings (SSSR count). The molecule has 1 heteroatoms. The van der Waals surface area contributed by atoms with Crippen molar-refractivity contribution in [1.29, 1.82) is 0 Å². The Balaban J connectivity index is 0.000000861. The highest BCUT2D eigenvalue weighted by Gasteiger charge is 2.09. The fourth-order valence-corrected chi connectivity index (χ4v) is 1.90. The molecule has 1 heterocycles. The van der Waals surface area contributed by atoms with Gasteiger partial charge in [0.05, 0.1) is 0 Å². The molecule has 1 aromatic rings. The van der Waals surface area contributed by atoms with Crippen LogP contribution in [-0.4, -0.2) is 6.54 Å². The smallest absolute Gasteiger partial charge is 0.0413 e. The molecule has 0 spiro atoms. The number of hydrogen-bond acceptors (Lipinski definition) is 1. The van der Waals surface area contributed by atoms with Gasteiger partial charge in [0, 0.05) is 17.9 Å². The first kappa shape index (κ1) is 15.0. The minimum Gasteiger partial charge on any atom is -0.338 e. The highest BCUT2D eigenvalue weighted by Crippen LogP contribution is 2.22. The maximum Gasteiger partial charge on any atom is 0.0413 e. The first-order valence-corrected chi connectivity index (χ1v) is 6.81. The zero-order valence-electron chi connectivity index (χ0n) is 12.0. The molecule has 0 bridgehead atoms. The fourth-order valence-electron chi connectivity index (χ4n) is 1.90. The van der Waals surface area contributed by atoms with Gasteiger partial charge in [-0.15, -0.1) is 0 Å². The summed E-state index contributed by atoms with van der Waals surface area (Å²) in [4.78, 5) is 2.23. The van der Waals surface area contributed by atoms with E-state index in [4.69, 9.17) is 0 Å². The number of anilines is 1. The van der Waals surface area contributed by atoms with Crippen molar-refractivity contribution in [3.8, 4) is 0 Å². The largest absolute Gasteiger partial charge is 0.338 e. The lowest BCUT2D eigenvalue weighted by molar-refractivity contribution is 1.02. The second kappa shape index (κ2) is 8.15. The van der Waals surface area contributed by atoms with E-state index in [-0.39, 0.29) is 0 Å². The van der Waals surface area contributed by atoms with Gasteiger partial charge in [-0.25, -0.2) is 0 Å². The molecule has 0 unspecified atom stereocenters. The van der Waals surface area contributed by atoms with Crippen molar-refractivity contribution in [2.24, 2.45) is 0 Å². The summed E-state index contributed by atoms with van der Waals surface area (Å²) in [5, 5.41) is 0. The lowest BCUT2D eigenvalue weighted by Crippen LogP contribution is -2.22. The van der Waals surface area contributed by atoms with Gasteiger partial charge < -0.3 is 4.90 Å². The molecule has 1 aliphatic rings. The summed E-state index contributed by atoms with van der Waals surface area (Å²) in [6.45, 7) is 12.8. The number of allylic oxidation sites excluding steroid dienone is 4. The maximum atomic E-state index is 4.04. The Bertz CT molecular complexity index is 466. The van der Waals surface area contributed by atoms with E-state index in [1.807, 2.05) is 38.1 Å². The molecule has 0 saturated heterocycles. The van der Waals surface area contributed by atoms with Crippen molar-refractivity contribution < 1.29 is 0 Å². The quantitative estimate of drug-likeness (QED) is 0.662. The van der Waals surface area contributed by atoms with Gasteiger partial charge in [0.1, 0.15) is 0 Å². The number of hydrogen-bond donors (Lipinski definition) is 0. The third-order valence-electron chi connectivity index (χ3n) is 2.78. The van der Waals surface area contributed by atoms with E-state index in [2.05, 4.69) is 48.4 Å². The molecule has 1 aliphatic heterocycles. The summed E-state index contributed by atoms with van der Waals surface area (Å²) in [7, 11) is 0. The van der Waals surface area contributed by atoms with Crippen LogP contribution in [0, 0.1) is 0 Å². The first-order chi connectivity index (χ1) is 9.31. The third kappa shape index (κ3) is 4.29. The Morgan fingerprint density at radius 1 is 1.11 bits per heavy atom. The number of para-hydroxylation sites is 1. The topological polar surface area (TPSA) is 3.24 Å². The Hall–Kier alpha value is -2.02. The molecule has 0 N–H and O–H groups in total. The van der Waals surface area contributed by atoms with Crippen molar-refractivity contribution in [1.82, 2.24) is 0 Å². The molecule has 0 fully saturated rings. The summed E-state index contributed by atoms with van der Waals surface area (Å²) in [5.74, 6) is 0. The van der Waals surface area contributed by atoms with Gasteiger partial charge in [-0.2, -0.15) is 0 Å². The van der Waals surface area contributed by atoms with E-state index in [1.165, 1.54) is 5.69 Å². The number of rotatable bonds is 2. The summed E-state index contributed by atoms with van der Waals surface area (Å²) in [6, 6.07) is 10.3. The average molecular weight is 253 g/mol. The van der Waals surface area contributed by atoms with Crippen LogP contribution in [0.5, 0.6) is 0 Å². The normalized spacial score (nSPS) is 19.2. The van der Waals surface area contributed by atoms with Gasteiger partial charge in [0.15, 0.2) is 0 Å². The zero-order valence-corrected chi connectivity index (χ0v) is 12.0. The molecule has 0 aromatic heterocycles. The second-order valence-electron chi connectivity index (χ2n) is 4.05. The van der Waals surface area contributed by atoms with Crippen LogP contribution in [0.15, 0.2) is 79.1 Å². The van der Waals surface area contributed by atoms with Gasteiger partial charge in [0.2, 0.25) is 0 Å². The molecule has 0 radical (unpaired) electrons. The van der Waals surface area contributed by atoms with Crippen LogP contribution in [-0.2, 0) is 0 Å². The molecule has 100 valence electrons. The van der Waals surface area contributed by atoms with Crippen molar-refractivity contribution in [2.45, 2.75) is 20.3 Å². The Morgan fingerprint density at radius 3 is 2.42 bits per heavy atom. The van der Waals surface area contributed by atoms with Crippen LogP contribution in [0.2, 0.25) is 0 Å². The molecule has 0 atom stereocenters. The van der Waals surface area contributed by atoms with Gasteiger partial charge in [0.25, 0.3) is 0 Å². The standard InChI is InChI=1S/C16H17N.C2H6/c1-3-15-13-14(2)9-7-8-12-17(15)16-10-5-4-6-11-16;1-2/h3-8,10-11,13H,1-2,9,12H2;1-2H3/b8-7-,15-13-;. The van der Waals surface area contributed by atoms with Crippen molar-refractivity contribution >= 4 is 5.69 Å². The summed E-state index contributed by atoms with van der Waals surface area (Å²) >= 11 is 0. The third-order valence-corrected chi connectivity index (χ3v) is 2.78. The van der Waals surface area contributed by atoms with E-state index < -0.39 is 0 Å². The van der Waals surface area contributed by atoms with Crippen LogP contribution < -0.4 is 4.90 Å². The predicted molar refractivity (Wildman–Crippen MR) is 86.3 cm³/mol. The molecule has 0 amide bonds. The molecular formula is C18H23N. The van der Waals surface area contributed by atoms with Crippen molar-refractivity contribution in [3.05, 3.63) is 79.1 Å². The molecule has 0 saturated carbocycles. The zero-order chi connectivity index (χ0) is 14.1. The van der Waals surface area contributed by atoms with E-state index in [9.17, 15) is 0 Å². The summed E-state index contributed by atoms with van der Waals surface area (Å²) in [5.41, 5.74) is 3.39. The highest BCUT2D eigenvalue weighted by atomic mass is 15.1. The van der Waals surface area contributed by atoms with Gasteiger partial charge in [-0.05, 0) is 36.3 Å². The van der Waals surface area contributed by atoms with Crippen LogP contribution in [0.25, 0.3) is 0 Å². The van der Waals surface area contributed by atoms with Crippen LogP contribution in [0.4, 0.5) is 5.69 Å². The molecule has 1 nitrogen and oxygen atoms in total. The Kier molecular flexibility index (Phi) is 6.45. The second-order valence-corrected chi connectivity index (χ2v) is 4.05. The highest BCUT2D eigenvalue weighted by molar-refractivity contribution is 5.56. The van der Waals surface area contributed by atoms with Gasteiger partial charge in [-0.1, -0.05) is 57.4 Å². The minimum absolute atomic E-state index is 0.870. The van der Waals surface area contributed by atoms with Gasteiger partial charge >= 0.3 is 0 Å². The van der Waals surface area contributed by atoms with E-state index in [0.29, 0.717) is 0 Å². The SMILES string of the molecule is C=C/C1=C/C(=C)C/C=C\CN1c1ccccc1.CC. The van der Waals surface area contributed by atoms with Crippen molar-refractivity contribution in [3.63, 3.8) is 0 Å². The van der Waals surface area contributed by atoms with Crippen LogP contribution in [0.3, 0.4) is 0 Å². The molecule has 0 aliphatic carbocycles. The van der Waals surface area contributed by atoms with E-state index in [0.717, 1.165) is 24.2 Å². The predicted octanol–water partition coefficient (Wildman–Crippen LogP) is 5.11. The van der Waals surface area contributed by atoms with E-state index >= 15 is 0 Å². The number of nitrogens with zero attached hydrogens (tertiary/aromatic N) is 1. The number of benzene rings is 1. The minimum atomic E-state index is 0.870. The molecule has 19 heavy (non-hydrogen) atoms. The summed E-state index contributed by atoms with van der Waals surface area (Å²) in [6.07, 6.45) is 9.24. The van der Waals surface area contributed by atoms with Crippen LogP contribution >= 0.6 is 0 Å². The lowest BCUT2D eigenvalue weighted by atomic mass is 10.1. The molecule has 1 aromatic carbocycles. The summed E-state index contributed by atoms with van der Waals surface area (Å²) < 4.78 is 0. The lowest BCUT2D eigenvalue weighted by Gasteiger charge is -2.26. The maximum absolute atomic E-state index is 4.04.